The van der Waals surface area contributed by atoms with Crippen LogP contribution in [0, 0.1) is 5.92 Å². The van der Waals surface area contributed by atoms with Gasteiger partial charge >= 0.3 is 29.6 Å². The molecule has 31 heavy (non-hydrogen) atoms. The first-order valence-corrected chi connectivity index (χ1v) is 9.58. The molecule has 2 aromatic carbocycles. The Bertz CT molecular complexity index is 1210. The average molecular weight is 425 g/mol. The summed E-state index contributed by atoms with van der Waals surface area (Å²) in [6.07, 6.45) is 0.0958. The van der Waals surface area contributed by atoms with Crippen LogP contribution >= 0.6 is 0 Å². The van der Waals surface area contributed by atoms with E-state index in [1.54, 1.807) is 36.4 Å². The largest absolute Gasteiger partial charge is 1.00 e. The molecule has 2 heterocycles. The number of hydrogen-bond acceptors (Lipinski definition) is 6. The number of fused-ring (bicyclic) bond motifs is 4. The second-order valence-corrected chi connectivity index (χ2v) is 7.87. The zero-order chi connectivity index (χ0) is 21.3. The van der Waals surface area contributed by atoms with E-state index in [4.69, 9.17) is 0 Å². The molecule has 1 aliphatic carbocycles. The Balaban J connectivity index is 0.00000231. The van der Waals surface area contributed by atoms with Crippen molar-refractivity contribution in [3.63, 3.8) is 0 Å². The average Bonchev–Trinajstić information content (AvgIpc) is 3.20. The molecule has 0 saturated carbocycles. The summed E-state index contributed by atoms with van der Waals surface area (Å²) in [5, 5.41) is 21.7. The minimum absolute atomic E-state index is 0. The molecule has 3 atom stereocenters. The number of carboxylic acids is 1. The number of aliphatic hydroxyl groups excluding tert-OH is 1. The molecule has 0 spiro atoms. The number of carboxylic acid groups (broad SMARTS) is 1. The van der Waals surface area contributed by atoms with Gasteiger partial charge in [0.15, 0.2) is 5.78 Å². The smallest absolute Gasteiger partial charge is 0.543 e. The molecule has 1 amide bonds. The van der Waals surface area contributed by atoms with Crippen LogP contribution in [-0.2, 0) is 9.59 Å². The summed E-state index contributed by atoms with van der Waals surface area (Å²) in [6, 6.07) is 9.42. The molecule has 2 aliphatic heterocycles. The molecule has 150 valence electrons. The first-order valence-electron chi connectivity index (χ1n) is 9.58. The van der Waals surface area contributed by atoms with Gasteiger partial charge in [0, 0.05) is 16.7 Å². The van der Waals surface area contributed by atoms with Gasteiger partial charge in [-0.3, -0.25) is 14.4 Å². The Labute approximate surface area is 199 Å². The molecular weight excluding hydrogens is 409 g/mol. The molecule has 1 N–H and O–H groups in total. The Morgan fingerprint density at radius 2 is 1.77 bits per heavy atom. The van der Waals surface area contributed by atoms with Crippen LogP contribution in [0.2, 0.25) is 0 Å². The van der Waals surface area contributed by atoms with Gasteiger partial charge in [0.25, 0.3) is 0 Å². The monoisotopic (exact) mass is 425 g/mol. The van der Waals surface area contributed by atoms with Crippen molar-refractivity contribution >= 4 is 29.5 Å². The maximum atomic E-state index is 12.7. The van der Waals surface area contributed by atoms with E-state index in [1.807, 2.05) is 0 Å². The van der Waals surface area contributed by atoms with Crippen molar-refractivity contribution in [3.05, 3.63) is 64.3 Å². The van der Waals surface area contributed by atoms with Gasteiger partial charge in [0.05, 0.1) is 29.7 Å². The van der Waals surface area contributed by atoms with Crippen molar-refractivity contribution in [2.45, 2.75) is 25.5 Å². The van der Waals surface area contributed by atoms with Crippen LogP contribution in [0.15, 0.2) is 42.1 Å². The zero-order valence-corrected chi connectivity index (χ0v) is 18.9. The van der Waals surface area contributed by atoms with E-state index in [0.717, 1.165) is 0 Å². The van der Waals surface area contributed by atoms with Crippen molar-refractivity contribution in [1.29, 1.82) is 0 Å². The van der Waals surface area contributed by atoms with Crippen LogP contribution in [0.4, 0.5) is 0 Å². The van der Waals surface area contributed by atoms with Gasteiger partial charge in [0.1, 0.15) is 6.29 Å². The first-order chi connectivity index (χ1) is 14.3. The molecule has 0 radical (unpaired) electrons. The number of carbonyl (C=O) groups excluding carboxylic acids is 4. The standard InChI is InChI=1S/C23H17NO6.Na/c1-10(26)19-18-8-15(20(23(29)30)24(18)22(19)28)12-3-5-14-17(7-12)16-6-11(9-25)2-4-13(16)21(14)27;/h2-7,9-10,18-19,26H,8H2,1H3,(H,29,30);/q;+1/p-1/t10-,18-,19-;/m1./s1. The fraction of sp³-hybridized carbons (Fsp3) is 0.217. The second kappa shape index (κ2) is 7.53. The minimum Gasteiger partial charge on any atom is -0.543 e. The van der Waals surface area contributed by atoms with Crippen LogP contribution in [0.25, 0.3) is 16.7 Å². The van der Waals surface area contributed by atoms with Gasteiger partial charge in [-0.1, -0.05) is 12.1 Å². The zero-order valence-electron chi connectivity index (χ0n) is 16.9. The van der Waals surface area contributed by atoms with E-state index in [9.17, 15) is 29.4 Å². The molecule has 0 unspecified atom stereocenters. The van der Waals surface area contributed by atoms with Crippen LogP contribution in [-0.4, -0.2) is 46.1 Å². The summed E-state index contributed by atoms with van der Waals surface area (Å²) in [5.41, 5.74) is 3.46. The van der Waals surface area contributed by atoms with E-state index in [-0.39, 0.29) is 47.5 Å². The first kappa shape index (κ1) is 21.6. The van der Waals surface area contributed by atoms with E-state index in [1.165, 1.54) is 11.8 Å². The minimum atomic E-state index is -1.45. The molecule has 2 aromatic rings. The summed E-state index contributed by atoms with van der Waals surface area (Å²) in [6.45, 7) is 1.51. The van der Waals surface area contributed by atoms with Crippen LogP contribution in [0.1, 0.15) is 45.2 Å². The number of β-lactam (4-membered cyclic amide) rings is 1. The fourth-order valence-electron chi connectivity index (χ4n) is 4.87. The molecule has 0 bridgehead atoms. The van der Waals surface area contributed by atoms with Crippen molar-refractivity contribution < 1.29 is 58.9 Å². The maximum absolute atomic E-state index is 12.7. The third kappa shape index (κ3) is 2.96. The topological polar surface area (TPSA) is 115 Å². The molecule has 1 fully saturated rings. The Morgan fingerprint density at radius 3 is 2.39 bits per heavy atom. The number of amides is 1. The molecule has 7 nitrogen and oxygen atoms in total. The van der Waals surface area contributed by atoms with Gasteiger partial charge in [-0.2, -0.15) is 0 Å². The predicted molar refractivity (Wildman–Crippen MR) is 103 cm³/mol. The number of hydrogen-bond donors (Lipinski definition) is 1. The Hall–Kier alpha value is -2.58. The van der Waals surface area contributed by atoms with Crippen molar-refractivity contribution in [2.75, 3.05) is 0 Å². The number of ketones is 1. The maximum Gasteiger partial charge on any atom is 1.00 e. The number of aliphatic hydroxyl groups is 1. The molecule has 5 rings (SSSR count). The Kier molecular flexibility index (Phi) is 5.26. The fourth-order valence-corrected chi connectivity index (χ4v) is 4.87. The van der Waals surface area contributed by atoms with E-state index in [2.05, 4.69) is 0 Å². The number of aliphatic carboxylic acids is 1. The normalized spacial score (nSPS) is 21.7. The summed E-state index contributed by atoms with van der Waals surface area (Å²) >= 11 is 0. The molecule has 3 aliphatic rings. The summed E-state index contributed by atoms with van der Waals surface area (Å²) in [5.74, 6) is -2.69. The molecule has 1 saturated heterocycles. The number of aldehydes is 1. The number of rotatable bonds is 4. The van der Waals surface area contributed by atoms with Gasteiger partial charge in [-0.25, -0.2) is 0 Å². The molecular formula is C23H16NNaO6. The van der Waals surface area contributed by atoms with E-state index in [0.29, 0.717) is 45.2 Å². The van der Waals surface area contributed by atoms with Gasteiger partial charge in [-0.05, 0) is 59.9 Å². The van der Waals surface area contributed by atoms with Crippen molar-refractivity contribution in [3.8, 4) is 11.1 Å². The summed E-state index contributed by atoms with van der Waals surface area (Å²) in [7, 11) is 0. The van der Waals surface area contributed by atoms with Gasteiger partial charge < -0.3 is 19.9 Å². The van der Waals surface area contributed by atoms with Crippen molar-refractivity contribution in [1.82, 2.24) is 4.90 Å². The van der Waals surface area contributed by atoms with Crippen LogP contribution < -0.4 is 34.7 Å². The van der Waals surface area contributed by atoms with E-state index >= 15 is 0 Å². The number of carbonyl (C=O) groups is 4. The SMILES string of the molecule is C[C@@H](O)[C@H]1C(=O)N2C(C(=O)[O-])=C(c3ccc4c(c3)-c3cc(C=O)ccc3C4=O)C[C@H]12.[Na+]. The quantitative estimate of drug-likeness (QED) is 0.288. The molecule has 8 heteroatoms. The van der Waals surface area contributed by atoms with Gasteiger partial charge in [0.2, 0.25) is 5.91 Å². The van der Waals surface area contributed by atoms with Crippen molar-refractivity contribution in [2.24, 2.45) is 5.92 Å². The third-order valence-corrected chi connectivity index (χ3v) is 6.25. The second-order valence-electron chi connectivity index (χ2n) is 7.87. The van der Waals surface area contributed by atoms with Crippen LogP contribution in [0.3, 0.4) is 0 Å². The summed E-state index contributed by atoms with van der Waals surface area (Å²) < 4.78 is 0. The third-order valence-electron chi connectivity index (χ3n) is 6.25. The van der Waals surface area contributed by atoms with E-state index < -0.39 is 29.9 Å². The predicted octanol–water partition coefficient (Wildman–Crippen LogP) is -2.21. The number of benzene rings is 2. The van der Waals surface area contributed by atoms with Crippen LogP contribution in [0.5, 0.6) is 0 Å². The Morgan fingerprint density at radius 1 is 1.13 bits per heavy atom. The summed E-state index contributed by atoms with van der Waals surface area (Å²) in [4.78, 5) is 49.3. The number of nitrogens with zero attached hydrogens (tertiary/aromatic N) is 1. The van der Waals surface area contributed by atoms with Gasteiger partial charge in [-0.15, -0.1) is 0 Å². The molecule has 0 aromatic heterocycles.